The van der Waals surface area contributed by atoms with Gasteiger partial charge in [-0.25, -0.2) is 4.68 Å². The van der Waals surface area contributed by atoms with Crippen LogP contribution in [0.4, 0.5) is 5.82 Å². The summed E-state index contributed by atoms with van der Waals surface area (Å²) in [6.07, 6.45) is 3.17. The highest BCUT2D eigenvalue weighted by Crippen LogP contribution is 2.35. The standard InChI is InChI=1S/C18H20Cl2N5O3PS/c19-12-3-1-11(2-4-12)7-21-16-14-8-22-25(17(14)24-18(20)23-16)15-6-5-13(28-15)9-30-10-29(26)27/h1-4,8,13,15,26-27H,5-7,9-10H2,(H,21,23,24). The van der Waals surface area contributed by atoms with Crippen molar-refractivity contribution in [2.24, 2.45) is 0 Å². The molecule has 2 aromatic heterocycles. The minimum Gasteiger partial charge on any atom is -0.365 e. The lowest BCUT2D eigenvalue weighted by Gasteiger charge is -2.15. The van der Waals surface area contributed by atoms with E-state index in [0.29, 0.717) is 34.3 Å². The predicted molar refractivity (Wildman–Crippen MR) is 121 cm³/mol. The Morgan fingerprint density at radius 2 is 2.00 bits per heavy atom. The topological polar surface area (TPSA) is 105 Å². The Morgan fingerprint density at radius 3 is 2.77 bits per heavy atom. The van der Waals surface area contributed by atoms with Crippen LogP contribution in [0.3, 0.4) is 0 Å². The van der Waals surface area contributed by atoms with Crippen molar-refractivity contribution in [3.05, 3.63) is 46.3 Å². The van der Waals surface area contributed by atoms with Crippen molar-refractivity contribution < 1.29 is 14.5 Å². The van der Waals surface area contributed by atoms with Crippen molar-refractivity contribution in [1.29, 1.82) is 0 Å². The number of thioether (sulfide) groups is 1. The maximum Gasteiger partial charge on any atom is 0.226 e. The molecule has 1 aliphatic rings. The van der Waals surface area contributed by atoms with Gasteiger partial charge in [0.15, 0.2) is 20.3 Å². The van der Waals surface area contributed by atoms with Crippen LogP contribution in [0.2, 0.25) is 10.3 Å². The number of aromatic nitrogens is 4. The first kappa shape index (κ1) is 22.0. The van der Waals surface area contributed by atoms with E-state index in [1.165, 1.54) is 11.8 Å². The lowest BCUT2D eigenvalue weighted by molar-refractivity contribution is 0.00787. The average molecular weight is 488 g/mol. The second kappa shape index (κ2) is 9.96. The number of hydrogen-bond donors (Lipinski definition) is 3. The maximum atomic E-state index is 9.03. The molecule has 1 aromatic carbocycles. The van der Waals surface area contributed by atoms with Crippen LogP contribution in [0.5, 0.6) is 0 Å². The maximum absolute atomic E-state index is 9.03. The Balaban J connectivity index is 1.47. The number of halogens is 2. The number of nitrogens with zero attached hydrogens (tertiary/aromatic N) is 4. The number of nitrogens with one attached hydrogen (secondary N) is 1. The summed E-state index contributed by atoms with van der Waals surface area (Å²) in [4.78, 5) is 26.8. The Kier molecular flexibility index (Phi) is 7.31. The molecule has 160 valence electrons. The highest BCUT2D eigenvalue weighted by atomic mass is 35.5. The van der Waals surface area contributed by atoms with E-state index in [9.17, 15) is 0 Å². The predicted octanol–water partition coefficient (Wildman–Crippen LogP) is 4.41. The molecule has 1 saturated heterocycles. The van der Waals surface area contributed by atoms with E-state index in [0.717, 1.165) is 23.8 Å². The van der Waals surface area contributed by atoms with Gasteiger partial charge in [-0.3, -0.25) is 0 Å². The van der Waals surface area contributed by atoms with E-state index in [-0.39, 0.29) is 17.6 Å². The highest BCUT2D eigenvalue weighted by molar-refractivity contribution is 8.03. The molecule has 2 atom stereocenters. The summed E-state index contributed by atoms with van der Waals surface area (Å²) >= 11 is 13.6. The second-order valence-electron chi connectivity index (χ2n) is 6.81. The van der Waals surface area contributed by atoms with Crippen LogP contribution in [0, 0.1) is 0 Å². The van der Waals surface area contributed by atoms with Crippen LogP contribution < -0.4 is 5.32 Å². The number of fused-ring (bicyclic) bond motifs is 1. The minimum atomic E-state index is -1.88. The van der Waals surface area contributed by atoms with Gasteiger partial charge in [0.05, 0.1) is 23.2 Å². The van der Waals surface area contributed by atoms with Crippen molar-refractivity contribution in [1.82, 2.24) is 19.7 Å². The van der Waals surface area contributed by atoms with Gasteiger partial charge in [0, 0.05) is 17.3 Å². The summed E-state index contributed by atoms with van der Waals surface area (Å²) < 4.78 is 7.85. The number of benzene rings is 1. The van der Waals surface area contributed by atoms with E-state index >= 15 is 0 Å². The quantitative estimate of drug-likeness (QED) is 0.317. The zero-order valence-corrected chi connectivity index (χ0v) is 19.0. The van der Waals surface area contributed by atoms with Crippen LogP contribution in [0.1, 0.15) is 24.6 Å². The third-order valence-electron chi connectivity index (χ3n) is 4.67. The molecule has 4 rings (SSSR count). The fourth-order valence-electron chi connectivity index (χ4n) is 3.29. The molecule has 0 aliphatic carbocycles. The zero-order valence-electron chi connectivity index (χ0n) is 15.8. The van der Waals surface area contributed by atoms with E-state index in [1.807, 2.05) is 24.3 Å². The molecule has 0 radical (unpaired) electrons. The number of anilines is 1. The van der Waals surface area contributed by atoms with Crippen LogP contribution in [-0.2, 0) is 11.3 Å². The molecule has 0 saturated carbocycles. The fourth-order valence-corrected chi connectivity index (χ4v) is 5.16. The van der Waals surface area contributed by atoms with Gasteiger partial charge in [0.25, 0.3) is 0 Å². The van der Waals surface area contributed by atoms with E-state index in [2.05, 4.69) is 20.4 Å². The molecular formula is C18H20Cl2N5O3PS. The molecule has 2 unspecified atom stereocenters. The number of hydrogen-bond acceptors (Lipinski definition) is 8. The molecule has 3 N–H and O–H groups in total. The monoisotopic (exact) mass is 487 g/mol. The molecule has 1 aliphatic heterocycles. The molecule has 0 amide bonds. The molecule has 3 heterocycles. The largest absolute Gasteiger partial charge is 0.365 e. The smallest absolute Gasteiger partial charge is 0.226 e. The van der Waals surface area contributed by atoms with Gasteiger partial charge < -0.3 is 19.8 Å². The van der Waals surface area contributed by atoms with Crippen molar-refractivity contribution in [3.8, 4) is 0 Å². The second-order valence-corrected chi connectivity index (χ2v) is 10.1. The van der Waals surface area contributed by atoms with E-state index in [4.69, 9.17) is 37.7 Å². The van der Waals surface area contributed by atoms with Gasteiger partial charge in [-0.2, -0.15) is 15.1 Å². The van der Waals surface area contributed by atoms with E-state index in [1.54, 1.807) is 10.9 Å². The van der Waals surface area contributed by atoms with E-state index < -0.39 is 8.38 Å². The molecule has 3 aromatic rings. The van der Waals surface area contributed by atoms with Gasteiger partial charge in [0.1, 0.15) is 5.82 Å². The first-order chi connectivity index (χ1) is 14.5. The summed E-state index contributed by atoms with van der Waals surface area (Å²) in [5.41, 5.74) is 2.00. The van der Waals surface area contributed by atoms with Crippen molar-refractivity contribution in [3.63, 3.8) is 0 Å². The Bertz CT molecular complexity index is 1010. The third-order valence-corrected chi connectivity index (χ3v) is 7.35. The summed E-state index contributed by atoms with van der Waals surface area (Å²) in [5, 5.41) is 9.36. The molecule has 0 spiro atoms. The normalized spacial score (nSPS) is 19.1. The molecular weight excluding hydrogens is 468 g/mol. The third kappa shape index (κ3) is 5.34. The Morgan fingerprint density at radius 1 is 1.20 bits per heavy atom. The average Bonchev–Trinajstić information content (AvgIpc) is 3.34. The van der Waals surface area contributed by atoms with Gasteiger partial charge >= 0.3 is 0 Å². The molecule has 12 heteroatoms. The van der Waals surface area contributed by atoms with Crippen LogP contribution in [-0.4, -0.2) is 46.9 Å². The minimum absolute atomic E-state index is 0.0361. The first-order valence-electron chi connectivity index (χ1n) is 9.27. The van der Waals surface area contributed by atoms with Crippen molar-refractivity contribution in [2.45, 2.75) is 31.7 Å². The summed E-state index contributed by atoms with van der Waals surface area (Å²) in [6, 6.07) is 7.57. The highest BCUT2D eigenvalue weighted by Gasteiger charge is 2.29. The first-order valence-corrected chi connectivity index (χ1v) is 12.6. The lowest BCUT2D eigenvalue weighted by atomic mass is 10.2. The van der Waals surface area contributed by atoms with Gasteiger partial charge in [-0.1, -0.05) is 23.7 Å². The van der Waals surface area contributed by atoms with Crippen LogP contribution in [0.15, 0.2) is 30.5 Å². The SMILES string of the molecule is OP(O)CSCC1CCC(n2ncc3c(NCc4ccc(Cl)cc4)nc(Cl)nc32)O1. The van der Waals surface area contributed by atoms with Gasteiger partial charge in [-0.05, 0) is 42.1 Å². The van der Waals surface area contributed by atoms with Crippen molar-refractivity contribution in [2.75, 3.05) is 16.6 Å². The molecule has 30 heavy (non-hydrogen) atoms. The van der Waals surface area contributed by atoms with Gasteiger partial charge in [-0.15, -0.1) is 11.8 Å². The molecule has 0 bridgehead atoms. The van der Waals surface area contributed by atoms with Crippen LogP contribution >= 0.6 is 43.3 Å². The number of rotatable bonds is 8. The summed E-state index contributed by atoms with van der Waals surface area (Å²) in [5.74, 6) is 1.31. The lowest BCUT2D eigenvalue weighted by Crippen LogP contribution is -2.15. The van der Waals surface area contributed by atoms with Crippen molar-refractivity contribution >= 4 is 60.2 Å². The molecule has 8 nitrogen and oxygen atoms in total. The summed E-state index contributed by atoms with van der Waals surface area (Å²) in [7, 11) is -1.88. The Labute approximate surface area is 188 Å². The summed E-state index contributed by atoms with van der Waals surface area (Å²) in [6.45, 7) is 0.558. The number of ether oxygens (including phenoxy) is 1. The van der Waals surface area contributed by atoms with Gasteiger partial charge in [0.2, 0.25) is 5.28 Å². The van der Waals surface area contributed by atoms with Crippen LogP contribution in [0.25, 0.3) is 11.0 Å². The Hall–Kier alpha value is -1.19. The zero-order chi connectivity index (χ0) is 21.1. The molecule has 1 fully saturated rings. The fraction of sp³-hybridized carbons (Fsp3) is 0.389.